The third-order valence-corrected chi connectivity index (χ3v) is 2.04. The van der Waals surface area contributed by atoms with E-state index in [2.05, 4.69) is 0 Å². The number of ether oxygens (including phenoxy) is 1. The van der Waals surface area contributed by atoms with Crippen molar-refractivity contribution in [3.8, 4) is 5.75 Å². The molecule has 0 radical (unpaired) electrons. The van der Waals surface area contributed by atoms with Crippen molar-refractivity contribution < 1.29 is 9.53 Å². The molecule has 0 saturated heterocycles. The average molecular weight is 225 g/mol. The molecule has 80 valence electrons. The molecule has 15 heavy (non-hydrogen) atoms. The highest BCUT2D eigenvalue weighted by molar-refractivity contribution is 6.18. The van der Waals surface area contributed by atoms with Crippen molar-refractivity contribution in [3.63, 3.8) is 0 Å². The lowest BCUT2D eigenvalue weighted by molar-refractivity contribution is 0.101. The molecule has 1 aromatic rings. The maximum absolute atomic E-state index is 11.0. The molecule has 2 nitrogen and oxygen atoms in total. The van der Waals surface area contributed by atoms with Crippen LogP contribution in [0.1, 0.15) is 17.3 Å². The Morgan fingerprint density at radius 3 is 2.53 bits per heavy atom. The molecule has 1 aromatic carbocycles. The quantitative estimate of drug-likeness (QED) is 0.437. The molecule has 0 aliphatic rings. The predicted molar refractivity (Wildman–Crippen MR) is 61.8 cm³/mol. The molecule has 0 fully saturated rings. The second-order valence-corrected chi connectivity index (χ2v) is 3.33. The van der Waals surface area contributed by atoms with Crippen LogP contribution in [0, 0.1) is 0 Å². The SMILES string of the molecule is CC(=O)c1ccc(OCC=CCCl)cc1. The van der Waals surface area contributed by atoms with Crippen LogP contribution in [0.4, 0.5) is 0 Å². The summed E-state index contributed by atoms with van der Waals surface area (Å²) in [4.78, 5) is 11.0. The van der Waals surface area contributed by atoms with Gasteiger partial charge in [0.2, 0.25) is 0 Å². The first-order valence-corrected chi connectivity index (χ1v) is 5.22. The maximum Gasteiger partial charge on any atom is 0.159 e. The standard InChI is InChI=1S/C12H13ClO2/c1-10(14)11-4-6-12(7-5-11)15-9-3-2-8-13/h2-7H,8-9H2,1H3. The Balaban J connectivity index is 2.50. The lowest BCUT2D eigenvalue weighted by Gasteiger charge is -2.03. The zero-order valence-electron chi connectivity index (χ0n) is 8.57. The van der Waals surface area contributed by atoms with Gasteiger partial charge >= 0.3 is 0 Å². The van der Waals surface area contributed by atoms with E-state index in [1.165, 1.54) is 0 Å². The molecule has 0 aromatic heterocycles. The Hall–Kier alpha value is -1.28. The molecular weight excluding hydrogens is 212 g/mol. The number of carbonyl (C=O) groups is 1. The fraction of sp³-hybridized carbons (Fsp3) is 0.250. The van der Waals surface area contributed by atoms with Gasteiger partial charge in [0.1, 0.15) is 12.4 Å². The molecule has 0 N–H and O–H groups in total. The van der Waals surface area contributed by atoms with Crippen molar-refractivity contribution in [2.24, 2.45) is 0 Å². The summed E-state index contributed by atoms with van der Waals surface area (Å²) in [6, 6.07) is 7.07. The van der Waals surface area contributed by atoms with Crippen LogP contribution in [-0.2, 0) is 0 Å². The summed E-state index contributed by atoms with van der Waals surface area (Å²) in [6.45, 7) is 2.03. The van der Waals surface area contributed by atoms with E-state index in [0.717, 1.165) is 5.75 Å². The van der Waals surface area contributed by atoms with Gasteiger partial charge in [-0.15, -0.1) is 11.6 Å². The number of allylic oxidation sites excluding steroid dienone is 1. The number of rotatable bonds is 5. The van der Waals surface area contributed by atoms with E-state index in [-0.39, 0.29) is 5.78 Å². The van der Waals surface area contributed by atoms with Gasteiger partial charge in [0, 0.05) is 11.4 Å². The third kappa shape index (κ3) is 4.17. The molecule has 1 rings (SSSR count). The Morgan fingerprint density at radius 2 is 2.00 bits per heavy atom. The molecule has 0 bridgehead atoms. The molecule has 0 atom stereocenters. The molecule has 0 saturated carbocycles. The number of hydrogen-bond acceptors (Lipinski definition) is 2. The molecule has 0 spiro atoms. The van der Waals surface area contributed by atoms with Crippen molar-refractivity contribution in [2.45, 2.75) is 6.92 Å². The van der Waals surface area contributed by atoms with Gasteiger partial charge in [-0.2, -0.15) is 0 Å². The van der Waals surface area contributed by atoms with Crippen molar-refractivity contribution in [1.82, 2.24) is 0 Å². The topological polar surface area (TPSA) is 26.3 Å². The van der Waals surface area contributed by atoms with E-state index in [4.69, 9.17) is 16.3 Å². The van der Waals surface area contributed by atoms with Gasteiger partial charge in [-0.05, 0) is 31.2 Å². The third-order valence-electron chi connectivity index (χ3n) is 1.86. The Morgan fingerprint density at radius 1 is 1.33 bits per heavy atom. The number of halogens is 1. The highest BCUT2D eigenvalue weighted by Gasteiger charge is 1.98. The number of benzene rings is 1. The highest BCUT2D eigenvalue weighted by atomic mass is 35.5. The van der Waals surface area contributed by atoms with E-state index in [1.807, 2.05) is 12.2 Å². The number of carbonyl (C=O) groups excluding carboxylic acids is 1. The Labute approximate surface area is 94.5 Å². The summed E-state index contributed by atoms with van der Waals surface area (Å²) < 4.78 is 5.39. The van der Waals surface area contributed by atoms with Crippen LogP contribution in [0.5, 0.6) is 5.75 Å². The van der Waals surface area contributed by atoms with E-state index < -0.39 is 0 Å². The fourth-order valence-corrected chi connectivity index (χ4v) is 1.19. The van der Waals surface area contributed by atoms with E-state index in [0.29, 0.717) is 18.1 Å². The summed E-state index contributed by atoms with van der Waals surface area (Å²) in [6.07, 6.45) is 3.68. The van der Waals surface area contributed by atoms with Crippen LogP contribution in [-0.4, -0.2) is 18.3 Å². The largest absolute Gasteiger partial charge is 0.490 e. The number of Topliss-reactive ketones (excluding diaryl/α,β-unsaturated/α-hetero) is 1. The number of alkyl halides is 1. The zero-order valence-corrected chi connectivity index (χ0v) is 9.33. The molecular formula is C12H13ClO2. The van der Waals surface area contributed by atoms with E-state index >= 15 is 0 Å². The second kappa shape index (κ2) is 6.25. The summed E-state index contributed by atoms with van der Waals surface area (Å²) >= 11 is 5.46. The van der Waals surface area contributed by atoms with Gasteiger partial charge in [-0.3, -0.25) is 4.79 Å². The van der Waals surface area contributed by atoms with Gasteiger partial charge in [0.25, 0.3) is 0 Å². The summed E-state index contributed by atoms with van der Waals surface area (Å²) in [5.41, 5.74) is 0.693. The minimum Gasteiger partial charge on any atom is -0.490 e. The molecule has 0 aliphatic carbocycles. The summed E-state index contributed by atoms with van der Waals surface area (Å²) in [5, 5.41) is 0. The van der Waals surface area contributed by atoms with Crippen molar-refractivity contribution in [1.29, 1.82) is 0 Å². The Kier molecular flexibility index (Phi) is 4.91. The van der Waals surface area contributed by atoms with Gasteiger partial charge in [0.15, 0.2) is 5.78 Å². The number of ketones is 1. The maximum atomic E-state index is 11.0. The van der Waals surface area contributed by atoms with Crippen LogP contribution < -0.4 is 4.74 Å². The number of hydrogen-bond donors (Lipinski definition) is 0. The molecule has 0 unspecified atom stereocenters. The predicted octanol–water partition coefficient (Wildman–Crippen LogP) is 3.06. The van der Waals surface area contributed by atoms with E-state index in [1.54, 1.807) is 31.2 Å². The minimum atomic E-state index is 0.0589. The summed E-state index contributed by atoms with van der Waals surface area (Å²) in [5.74, 6) is 1.30. The fourth-order valence-electron chi connectivity index (χ4n) is 1.06. The van der Waals surface area contributed by atoms with Crippen LogP contribution in [0.25, 0.3) is 0 Å². The minimum absolute atomic E-state index is 0.0589. The van der Waals surface area contributed by atoms with Crippen LogP contribution in [0.15, 0.2) is 36.4 Å². The first kappa shape index (κ1) is 11.8. The lowest BCUT2D eigenvalue weighted by atomic mass is 10.1. The van der Waals surface area contributed by atoms with Crippen molar-refractivity contribution >= 4 is 17.4 Å². The Bertz CT molecular complexity index is 341. The molecule has 0 heterocycles. The molecule has 0 aliphatic heterocycles. The van der Waals surface area contributed by atoms with Crippen LogP contribution >= 0.6 is 11.6 Å². The molecule has 3 heteroatoms. The average Bonchev–Trinajstić information content (AvgIpc) is 2.25. The lowest BCUT2D eigenvalue weighted by Crippen LogP contribution is -1.95. The normalized spacial score (nSPS) is 10.5. The van der Waals surface area contributed by atoms with Crippen molar-refractivity contribution in [2.75, 3.05) is 12.5 Å². The second-order valence-electron chi connectivity index (χ2n) is 3.02. The zero-order chi connectivity index (χ0) is 11.1. The van der Waals surface area contributed by atoms with Crippen molar-refractivity contribution in [3.05, 3.63) is 42.0 Å². The molecule has 0 amide bonds. The first-order chi connectivity index (χ1) is 7.24. The van der Waals surface area contributed by atoms with Crippen LogP contribution in [0.3, 0.4) is 0 Å². The van der Waals surface area contributed by atoms with Gasteiger partial charge in [-0.25, -0.2) is 0 Å². The van der Waals surface area contributed by atoms with Gasteiger partial charge < -0.3 is 4.74 Å². The summed E-state index contributed by atoms with van der Waals surface area (Å²) in [7, 11) is 0. The highest BCUT2D eigenvalue weighted by Crippen LogP contribution is 2.12. The monoisotopic (exact) mass is 224 g/mol. The van der Waals surface area contributed by atoms with E-state index in [9.17, 15) is 4.79 Å². The smallest absolute Gasteiger partial charge is 0.159 e. The first-order valence-electron chi connectivity index (χ1n) is 4.69. The van der Waals surface area contributed by atoms with Crippen LogP contribution in [0.2, 0.25) is 0 Å². The van der Waals surface area contributed by atoms with Gasteiger partial charge in [0.05, 0.1) is 0 Å². The van der Waals surface area contributed by atoms with Gasteiger partial charge in [-0.1, -0.05) is 12.2 Å².